The van der Waals surface area contributed by atoms with Gasteiger partial charge in [-0.2, -0.15) is 0 Å². The number of rotatable bonds is 13. The molecule has 1 heterocycles. The van der Waals surface area contributed by atoms with Crippen molar-refractivity contribution in [3.63, 3.8) is 0 Å². The Bertz CT molecular complexity index is 1270. The van der Waals surface area contributed by atoms with Crippen molar-refractivity contribution in [3.8, 4) is 0 Å². The molecule has 2 aromatic rings. The number of hydrogen-bond acceptors (Lipinski definition) is 9. The minimum atomic E-state index is -1.74. The van der Waals surface area contributed by atoms with Gasteiger partial charge in [0.1, 0.15) is 0 Å². The zero-order valence-corrected chi connectivity index (χ0v) is 28.8. The Kier molecular flexibility index (Phi) is 18.6. The smallest absolute Gasteiger partial charge is 0.259 e. The highest BCUT2D eigenvalue weighted by Crippen LogP contribution is 2.23. The molecule has 256 valence electrons. The Labute approximate surface area is 273 Å². The Morgan fingerprint density at radius 3 is 2.41 bits per heavy atom. The number of aliphatic hydroxyl groups excluding tert-OH is 1. The van der Waals surface area contributed by atoms with E-state index in [1.54, 1.807) is 75.7 Å². The number of aliphatic hydroxyl groups is 1. The first-order chi connectivity index (χ1) is 22.0. The monoisotopic (exact) mass is 643 g/mol. The van der Waals surface area contributed by atoms with Gasteiger partial charge in [-0.3, -0.25) is 14.4 Å². The van der Waals surface area contributed by atoms with Gasteiger partial charge in [0.25, 0.3) is 17.7 Å². The van der Waals surface area contributed by atoms with Crippen molar-refractivity contribution in [1.29, 1.82) is 5.41 Å². The van der Waals surface area contributed by atoms with Gasteiger partial charge in [0.2, 0.25) is 0 Å². The van der Waals surface area contributed by atoms with E-state index < -0.39 is 24.0 Å². The summed E-state index contributed by atoms with van der Waals surface area (Å²) >= 11 is 0. The van der Waals surface area contributed by atoms with Crippen LogP contribution in [0.1, 0.15) is 62.0 Å². The molecule has 1 saturated heterocycles. The highest BCUT2D eigenvalue weighted by atomic mass is 16.7. The van der Waals surface area contributed by atoms with Crippen LogP contribution in [-0.4, -0.2) is 106 Å². The van der Waals surface area contributed by atoms with E-state index in [2.05, 4.69) is 27.0 Å². The second-order valence-electron chi connectivity index (χ2n) is 10.4. The van der Waals surface area contributed by atoms with Gasteiger partial charge in [0.15, 0.2) is 18.5 Å². The Hall–Kier alpha value is -3.68. The van der Waals surface area contributed by atoms with Gasteiger partial charge in [0, 0.05) is 57.8 Å². The lowest BCUT2D eigenvalue weighted by atomic mass is 10.0. The van der Waals surface area contributed by atoms with Gasteiger partial charge in [-0.15, -0.1) is 0 Å². The van der Waals surface area contributed by atoms with E-state index in [4.69, 9.17) is 10.1 Å². The SMILES string of the molecule is CC.CCCCN(C)C(=O)c1cccc(N2CCO[C@H]([C@@H](O)C(=O)Nc3ccc(C(=N)CNC)c(C)c3)C2=O)c1.COC(C)OC. The summed E-state index contributed by atoms with van der Waals surface area (Å²) in [7, 11) is 6.72. The number of hydrogen-bond donors (Lipinski definition) is 4. The number of aryl methyl sites for hydroxylation is 1. The molecular weight excluding hydrogens is 590 g/mol. The minimum absolute atomic E-state index is 0.0648. The predicted molar refractivity (Wildman–Crippen MR) is 182 cm³/mol. The first-order valence-electron chi connectivity index (χ1n) is 15.6. The molecule has 2 atom stereocenters. The van der Waals surface area contributed by atoms with E-state index in [-0.39, 0.29) is 25.3 Å². The fourth-order valence-electron chi connectivity index (χ4n) is 4.41. The molecule has 1 aliphatic heterocycles. The van der Waals surface area contributed by atoms with Crippen molar-refractivity contribution in [3.05, 3.63) is 59.2 Å². The second-order valence-corrected chi connectivity index (χ2v) is 10.4. The summed E-state index contributed by atoms with van der Waals surface area (Å²) in [5.41, 5.74) is 3.35. The molecule has 1 fully saturated rings. The van der Waals surface area contributed by atoms with Gasteiger partial charge >= 0.3 is 0 Å². The van der Waals surface area contributed by atoms with Crippen LogP contribution in [0.5, 0.6) is 0 Å². The van der Waals surface area contributed by atoms with Crippen LogP contribution in [0.15, 0.2) is 42.5 Å². The van der Waals surface area contributed by atoms with Gasteiger partial charge in [-0.25, -0.2) is 0 Å². The molecule has 2 aromatic carbocycles. The predicted octanol–water partition coefficient (Wildman–Crippen LogP) is 3.84. The summed E-state index contributed by atoms with van der Waals surface area (Å²) in [5, 5.41) is 24.4. The largest absolute Gasteiger partial charge is 0.380 e. The number of likely N-dealkylation sites (N-methyl/N-ethyl adjacent to an activating group) is 1. The van der Waals surface area contributed by atoms with Crippen LogP contribution in [0.2, 0.25) is 0 Å². The third-order valence-corrected chi connectivity index (χ3v) is 7.11. The zero-order chi connectivity index (χ0) is 34.8. The number of morpholine rings is 1. The van der Waals surface area contributed by atoms with Crippen LogP contribution < -0.4 is 15.5 Å². The Morgan fingerprint density at radius 1 is 1.17 bits per heavy atom. The number of nitrogens with one attached hydrogen (secondary N) is 3. The van der Waals surface area contributed by atoms with E-state index in [9.17, 15) is 19.5 Å². The van der Waals surface area contributed by atoms with Gasteiger partial charge in [-0.05, 0) is 68.8 Å². The summed E-state index contributed by atoms with van der Waals surface area (Å²) in [4.78, 5) is 42.0. The molecule has 0 bridgehead atoms. The van der Waals surface area contributed by atoms with E-state index in [0.717, 1.165) is 24.0 Å². The molecule has 4 N–H and O–H groups in total. The van der Waals surface area contributed by atoms with Crippen LogP contribution in [0, 0.1) is 12.3 Å². The molecule has 0 aromatic heterocycles. The van der Waals surface area contributed by atoms with Crippen molar-refractivity contribution in [2.45, 2.75) is 66.0 Å². The fourth-order valence-corrected chi connectivity index (χ4v) is 4.41. The third-order valence-electron chi connectivity index (χ3n) is 7.11. The van der Waals surface area contributed by atoms with E-state index >= 15 is 0 Å². The van der Waals surface area contributed by atoms with Crippen LogP contribution in [-0.2, 0) is 23.8 Å². The number of methoxy groups -OCH3 is 2. The molecule has 3 rings (SSSR count). The van der Waals surface area contributed by atoms with Gasteiger partial charge in [-0.1, -0.05) is 39.3 Å². The fraction of sp³-hybridized carbons (Fsp3) is 0.529. The quantitative estimate of drug-likeness (QED) is 0.190. The van der Waals surface area contributed by atoms with Crippen molar-refractivity contribution in [1.82, 2.24) is 10.2 Å². The molecule has 0 radical (unpaired) electrons. The number of ether oxygens (including phenoxy) is 3. The number of amides is 3. The molecule has 0 unspecified atom stereocenters. The lowest BCUT2D eigenvalue weighted by Crippen LogP contribution is -2.55. The van der Waals surface area contributed by atoms with Crippen LogP contribution in [0.4, 0.5) is 11.4 Å². The molecule has 0 spiro atoms. The molecular formula is C34H53N5O7. The first kappa shape index (κ1) is 40.3. The number of nitrogens with zero attached hydrogens (tertiary/aromatic N) is 2. The standard InChI is InChI=1S/C28H37N5O5.C4H10O2.C2H6/c1-5-6-12-32(4)27(36)19-8-7-9-21(16-19)33-13-14-38-25(28(33)37)24(34)26(35)31-20-10-11-22(18(2)15-20)23(29)17-30-3;1-4(5-2)6-3;1-2/h7-11,15-16,24-25,29-30,34H,5-6,12-14,17H2,1-4H3,(H,31,35);4H,1-3H3;1-2H3/t24-,25-;;/m1../s1. The highest BCUT2D eigenvalue weighted by molar-refractivity contribution is 6.05. The van der Waals surface area contributed by atoms with Crippen LogP contribution in [0.25, 0.3) is 0 Å². The third kappa shape index (κ3) is 11.9. The van der Waals surface area contributed by atoms with E-state index in [1.807, 2.05) is 27.7 Å². The van der Waals surface area contributed by atoms with Crippen molar-refractivity contribution in [2.24, 2.45) is 0 Å². The van der Waals surface area contributed by atoms with Gasteiger partial charge in [0.05, 0.1) is 12.3 Å². The lowest BCUT2D eigenvalue weighted by molar-refractivity contribution is -0.150. The van der Waals surface area contributed by atoms with Crippen LogP contribution >= 0.6 is 0 Å². The summed E-state index contributed by atoms with van der Waals surface area (Å²) in [6, 6.07) is 11.9. The maximum absolute atomic E-state index is 13.3. The Morgan fingerprint density at radius 2 is 1.85 bits per heavy atom. The maximum atomic E-state index is 13.3. The molecule has 12 nitrogen and oxygen atoms in total. The lowest BCUT2D eigenvalue weighted by Gasteiger charge is -2.34. The minimum Gasteiger partial charge on any atom is -0.380 e. The second kappa shape index (κ2) is 21.2. The highest BCUT2D eigenvalue weighted by Gasteiger charge is 2.39. The number of carbonyl (C=O) groups is 3. The van der Waals surface area contributed by atoms with Crippen molar-refractivity contribution in [2.75, 3.05) is 64.8 Å². The Balaban J connectivity index is 0.00000118. The number of carbonyl (C=O) groups excluding carboxylic acids is 3. The molecule has 12 heteroatoms. The molecule has 1 aliphatic rings. The summed E-state index contributed by atoms with van der Waals surface area (Å²) in [6.07, 6.45) is -1.32. The number of unbranched alkanes of at least 4 members (excludes halogenated alkanes) is 1. The normalized spacial score (nSPS) is 14.8. The topological polar surface area (TPSA) is 154 Å². The summed E-state index contributed by atoms with van der Waals surface area (Å²) < 4.78 is 14.9. The first-order valence-corrected chi connectivity index (χ1v) is 15.6. The van der Waals surface area contributed by atoms with Crippen LogP contribution in [0.3, 0.4) is 0 Å². The average Bonchev–Trinajstić information content (AvgIpc) is 3.07. The van der Waals surface area contributed by atoms with Gasteiger partial charge < -0.3 is 45.2 Å². The van der Waals surface area contributed by atoms with Crippen molar-refractivity contribution >= 4 is 34.8 Å². The summed E-state index contributed by atoms with van der Waals surface area (Å²) in [6.45, 7) is 11.1. The maximum Gasteiger partial charge on any atom is 0.259 e. The van der Waals surface area contributed by atoms with Crippen molar-refractivity contribution < 1.29 is 33.7 Å². The van der Waals surface area contributed by atoms with E-state index in [1.165, 1.54) is 4.90 Å². The summed E-state index contributed by atoms with van der Waals surface area (Å²) in [5.74, 6) is -1.47. The number of benzene rings is 2. The number of anilines is 2. The zero-order valence-electron chi connectivity index (χ0n) is 28.8. The molecule has 3 amide bonds. The average molecular weight is 644 g/mol. The van der Waals surface area contributed by atoms with E-state index in [0.29, 0.717) is 35.7 Å². The molecule has 46 heavy (non-hydrogen) atoms. The molecule has 0 saturated carbocycles. The molecule has 0 aliphatic carbocycles.